The number of hydrogen-bond donors (Lipinski definition) is 1. The predicted molar refractivity (Wildman–Crippen MR) is 84.8 cm³/mol. The predicted octanol–water partition coefficient (Wildman–Crippen LogP) is 4.53. The first-order valence-corrected chi connectivity index (χ1v) is 7.21. The van der Waals surface area contributed by atoms with Gasteiger partial charge in [-0.1, -0.05) is 32.9 Å². The topological polar surface area (TPSA) is 42.4 Å². The van der Waals surface area contributed by atoms with Gasteiger partial charge in [-0.15, -0.1) is 0 Å². The van der Waals surface area contributed by atoms with Crippen molar-refractivity contribution in [3.63, 3.8) is 0 Å². The smallest absolute Gasteiger partial charge is 0.225 e. The third kappa shape index (κ3) is 3.61. The van der Waals surface area contributed by atoms with E-state index in [-0.39, 0.29) is 5.41 Å². The molecule has 1 unspecified atom stereocenters. The van der Waals surface area contributed by atoms with E-state index in [0.717, 1.165) is 16.9 Å². The Morgan fingerprint density at radius 1 is 1.19 bits per heavy atom. The molecule has 1 aromatic heterocycles. The number of aliphatic hydroxyl groups is 1. The Balaban J connectivity index is 2.47. The van der Waals surface area contributed by atoms with Crippen LogP contribution >= 0.6 is 0 Å². The molecule has 0 bridgehead atoms. The number of nitrogens with zero attached hydrogens (tertiary/aromatic N) is 1. The van der Waals surface area contributed by atoms with E-state index in [2.05, 4.69) is 37.9 Å². The first-order chi connectivity index (χ1) is 9.79. The zero-order valence-corrected chi connectivity index (χ0v) is 13.3. The Kier molecular flexibility index (Phi) is 4.33. The monoisotopic (exact) mass is 285 g/mol. The van der Waals surface area contributed by atoms with Crippen LogP contribution in [0.15, 0.2) is 36.5 Å². The summed E-state index contributed by atoms with van der Waals surface area (Å²) in [5, 5.41) is 9.85. The Bertz CT molecular complexity index is 627. The van der Waals surface area contributed by atoms with Gasteiger partial charge in [-0.3, -0.25) is 0 Å². The second-order valence-corrected chi connectivity index (χ2v) is 6.43. The van der Waals surface area contributed by atoms with Gasteiger partial charge in [0.15, 0.2) is 0 Å². The van der Waals surface area contributed by atoms with E-state index in [9.17, 15) is 5.11 Å². The van der Waals surface area contributed by atoms with Gasteiger partial charge in [0.25, 0.3) is 0 Å². The fourth-order valence-electron chi connectivity index (χ4n) is 2.24. The van der Waals surface area contributed by atoms with Gasteiger partial charge in [0.05, 0.1) is 6.10 Å². The minimum atomic E-state index is -0.614. The zero-order valence-electron chi connectivity index (χ0n) is 13.3. The second-order valence-electron chi connectivity index (χ2n) is 6.43. The summed E-state index contributed by atoms with van der Waals surface area (Å²) in [7, 11) is 0. The van der Waals surface area contributed by atoms with Gasteiger partial charge in [0.1, 0.15) is 5.75 Å². The highest BCUT2D eigenvalue weighted by Gasteiger charge is 2.21. The molecule has 0 saturated heterocycles. The van der Waals surface area contributed by atoms with Crippen LogP contribution in [0, 0.1) is 6.92 Å². The Hall–Kier alpha value is -1.87. The van der Waals surface area contributed by atoms with E-state index >= 15 is 0 Å². The first kappa shape index (κ1) is 15.5. The normalized spacial score (nSPS) is 13.0. The summed E-state index contributed by atoms with van der Waals surface area (Å²) in [6, 6.07) is 9.83. The number of aliphatic hydroxyl groups excluding tert-OH is 1. The Morgan fingerprint density at radius 2 is 1.90 bits per heavy atom. The molecule has 0 radical (unpaired) electrons. The van der Waals surface area contributed by atoms with Crippen molar-refractivity contribution in [2.45, 2.75) is 46.1 Å². The number of aryl methyl sites for hydroxylation is 1. The van der Waals surface area contributed by atoms with Crippen LogP contribution in [0.2, 0.25) is 0 Å². The maximum Gasteiger partial charge on any atom is 0.225 e. The molecule has 0 aliphatic heterocycles. The number of ether oxygens (including phenoxy) is 1. The molecule has 1 N–H and O–H groups in total. The quantitative estimate of drug-likeness (QED) is 0.900. The van der Waals surface area contributed by atoms with E-state index in [1.54, 1.807) is 19.2 Å². The van der Waals surface area contributed by atoms with Crippen LogP contribution in [0.5, 0.6) is 11.6 Å². The third-order valence-electron chi connectivity index (χ3n) is 3.40. The molecule has 1 aromatic carbocycles. The van der Waals surface area contributed by atoms with E-state index in [4.69, 9.17) is 4.74 Å². The van der Waals surface area contributed by atoms with Crippen molar-refractivity contribution < 1.29 is 9.84 Å². The van der Waals surface area contributed by atoms with Gasteiger partial charge in [-0.25, -0.2) is 4.98 Å². The largest absolute Gasteiger partial charge is 0.438 e. The fourth-order valence-corrected chi connectivity index (χ4v) is 2.24. The minimum Gasteiger partial charge on any atom is -0.438 e. The molecule has 0 saturated carbocycles. The van der Waals surface area contributed by atoms with Gasteiger partial charge < -0.3 is 9.84 Å². The van der Waals surface area contributed by atoms with Crippen LogP contribution in [0.1, 0.15) is 50.5 Å². The van der Waals surface area contributed by atoms with Gasteiger partial charge in [0, 0.05) is 17.3 Å². The zero-order chi connectivity index (χ0) is 15.6. The molecule has 0 spiro atoms. The van der Waals surface area contributed by atoms with Crippen LogP contribution in [0.4, 0.5) is 0 Å². The Morgan fingerprint density at radius 3 is 2.52 bits per heavy atom. The molecule has 2 rings (SSSR count). The molecule has 3 nitrogen and oxygen atoms in total. The van der Waals surface area contributed by atoms with Crippen LogP contribution in [0.3, 0.4) is 0 Å². The van der Waals surface area contributed by atoms with E-state index < -0.39 is 6.10 Å². The maximum absolute atomic E-state index is 9.85. The average molecular weight is 285 g/mol. The highest BCUT2D eigenvalue weighted by Crippen LogP contribution is 2.36. The molecule has 0 amide bonds. The molecule has 0 fully saturated rings. The molecule has 3 heteroatoms. The van der Waals surface area contributed by atoms with Crippen LogP contribution in [-0.4, -0.2) is 10.1 Å². The summed E-state index contributed by atoms with van der Waals surface area (Å²) in [5.74, 6) is 1.26. The molecule has 2 aromatic rings. The molecule has 1 atom stereocenters. The second kappa shape index (κ2) is 5.86. The minimum absolute atomic E-state index is 0.0250. The lowest BCUT2D eigenvalue weighted by Gasteiger charge is -2.23. The van der Waals surface area contributed by atoms with Crippen molar-refractivity contribution in [3.05, 3.63) is 53.2 Å². The van der Waals surface area contributed by atoms with Crippen LogP contribution < -0.4 is 4.74 Å². The number of pyridine rings is 1. The molecule has 1 heterocycles. The van der Waals surface area contributed by atoms with Crippen LogP contribution in [-0.2, 0) is 5.41 Å². The summed E-state index contributed by atoms with van der Waals surface area (Å²) < 4.78 is 6.04. The fraction of sp³-hybridized carbons (Fsp3) is 0.389. The number of aromatic nitrogens is 1. The summed E-state index contributed by atoms with van der Waals surface area (Å²) >= 11 is 0. The number of hydrogen-bond acceptors (Lipinski definition) is 3. The van der Waals surface area contributed by atoms with Crippen LogP contribution in [0.25, 0.3) is 0 Å². The lowest BCUT2D eigenvalue weighted by atomic mass is 9.86. The van der Waals surface area contributed by atoms with E-state index in [1.807, 2.05) is 19.1 Å². The maximum atomic E-state index is 9.85. The van der Waals surface area contributed by atoms with E-state index in [0.29, 0.717) is 11.4 Å². The van der Waals surface area contributed by atoms with Gasteiger partial charge in [0.2, 0.25) is 5.88 Å². The number of rotatable bonds is 3. The molecule has 0 aliphatic rings. The molecular formula is C18H23NO2. The van der Waals surface area contributed by atoms with Gasteiger partial charge in [-0.05, 0) is 43.0 Å². The highest BCUT2D eigenvalue weighted by atomic mass is 16.5. The summed E-state index contributed by atoms with van der Waals surface area (Å²) in [6.07, 6.45) is 1.06. The van der Waals surface area contributed by atoms with E-state index in [1.165, 1.54) is 0 Å². The standard InChI is InChI=1S/C18H23NO2/c1-12-8-9-15(18(3,4)5)16(11-12)21-17-14(13(2)20)7-6-10-19-17/h6-11,13,20H,1-5H3. The van der Waals surface area contributed by atoms with Crippen molar-refractivity contribution in [2.24, 2.45) is 0 Å². The third-order valence-corrected chi connectivity index (χ3v) is 3.40. The summed E-state index contributed by atoms with van der Waals surface area (Å²) in [6.45, 7) is 10.2. The van der Waals surface area contributed by atoms with Crippen molar-refractivity contribution in [2.75, 3.05) is 0 Å². The van der Waals surface area contributed by atoms with Crippen molar-refractivity contribution in [3.8, 4) is 11.6 Å². The molecular weight excluding hydrogens is 262 g/mol. The summed E-state index contributed by atoms with van der Waals surface area (Å²) in [4.78, 5) is 4.27. The highest BCUT2D eigenvalue weighted by molar-refractivity contribution is 5.44. The van der Waals surface area contributed by atoms with Gasteiger partial charge in [-0.2, -0.15) is 0 Å². The lowest BCUT2D eigenvalue weighted by Crippen LogP contribution is -2.13. The first-order valence-electron chi connectivity index (χ1n) is 7.21. The van der Waals surface area contributed by atoms with Crippen molar-refractivity contribution in [1.29, 1.82) is 0 Å². The van der Waals surface area contributed by atoms with Crippen molar-refractivity contribution in [1.82, 2.24) is 4.98 Å². The molecule has 21 heavy (non-hydrogen) atoms. The molecule has 0 aliphatic carbocycles. The Labute approximate surface area is 126 Å². The average Bonchev–Trinajstić information content (AvgIpc) is 2.37. The molecule has 112 valence electrons. The summed E-state index contributed by atoms with van der Waals surface area (Å²) in [5.41, 5.74) is 2.92. The van der Waals surface area contributed by atoms with Crippen molar-refractivity contribution >= 4 is 0 Å². The van der Waals surface area contributed by atoms with Gasteiger partial charge >= 0.3 is 0 Å². The lowest BCUT2D eigenvalue weighted by molar-refractivity contribution is 0.194. The SMILES string of the molecule is Cc1ccc(C(C)(C)C)c(Oc2ncccc2C(C)O)c1. The number of benzene rings is 1.